The molecule has 0 radical (unpaired) electrons. The van der Waals surface area contributed by atoms with Gasteiger partial charge in [0.15, 0.2) is 0 Å². The molecule has 0 aliphatic carbocycles. The number of allylic oxidation sites excluding steroid dienone is 1. The number of fused-ring (bicyclic) bond motifs is 1. The molecule has 11 heteroatoms. The number of halogens is 5. The Bertz CT molecular complexity index is 895. The number of hydrogen-bond acceptors (Lipinski definition) is 5. The Morgan fingerprint density at radius 2 is 2.12 bits per heavy atom. The van der Waals surface area contributed by atoms with Crippen molar-refractivity contribution in [2.24, 2.45) is 0 Å². The molecule has 1 aliphatic rings. The van der Waals surface area contributed by atoms with Crippen LogP contribution in [0, 0.1) is 0 Å². The van der Waals surface area contributed by atoms with E-state index < -0.39 is 29.5 Å². The molecule has 2 aromatic rings. The molecular formula is C15H11Cl2F3N4O2. The van der Waals surface area contributed by atoms with Crippen molar-refractivity contribution in [3.05, 3.63) is 51.4 Å². The molecule has 2 heterocycles. The zero-order valence-corrected chi connectivity index (χ0v) is 14.7. The molecule has 1 aromatic heterocycles. The number of rotatable bonds is 3. The van der Waals surface area contributed by atoms with Crippen LogP contribution in [0.2, 0.25) is 10.0 Å². The van der Waals surface area contributed by atoms with Crippen molar-refractivity contribution in [2.75, 3.05) is 11.9 Å². The summed E-state index contributed by atoms with van der Waals surface area (Å²) in [5.74, 6) is -1.31. The molecule has 1 unspecified atom stereocenters. The smallest absolute Gasteiger partial charge is 0.431 e. The minimum atomic E-state index is -4.85. The first-order valence-electron chi connectivity index (χ1n) is 7.34. The Morgan fingerprint density at radius 1 is 1.38 bits per heavy atom. The predicted molar refractivity (Wildman–Crippen MR) is 88.0 cm³/mol. The summed E-state index contributed by atoms with van der Waals surface area (Å²) in [5, 5.41) is 6.41. The molecule has 0 saturated carbocycles. The van der Waals surface area contributed by atoms with Gasteiger partial charge in [0, 0.05) is 15.6 Å². The number of esters is 1. The molecule has 6 nitrogen and oxygen atoms in total. The summed E-state index contributed by atoms with van der Waals surface area (Å²) in [7, 11) is 0. The lowest BCUT2D eigenvalue weighted by atomic mass is 9.95. The van der Waals surface area contributed by atoms with E-state index in [1.165, 1.54) is 25.1 Å². The third-order valence-electron chi connectivity index (χ3n) is 3.63. The van der Waals surface area contributed by atoms with E-state index in [2.05, 4.69) is 15.4 Å². The molecule has 0 saturated heterocycles. The van der Waals surface area contributed by atoms with E-state index in [0.717, 1.165) is 11.0 Å². The lowest BCUT2D eigenvalue weighted by Gasteiger charge is -2.30. The topological polar surface area (TPSA) is 69.0 Å². The first-order chi connectivity index (χ1) is 12.2. The van der Waals surface area contributed by atoms with Crippen LogP contribution in [0.1, 0.15) is 18.5 Å². The first kappa shape index (κ1) is 18.5. The zero-order valence-electron chi connectivity index (χ0n) is 13.1. The van der Waals surface area contributed by atoms with Crippen molar-refractivity contribution in [1.82, 2.24) is 14.8 Å². The number of nitrogens with zero attached hydrogens (tertiary/aromatic N) is 3. The SMILES string of the molecule is CCOC(=O)C1=C(C(F)(F)F)Nc2ncnn2C1c1ccc(Cl)cc1Cl. The molecule has 3 rings (SSSR count). The molecule has 1 atom stereocenters. The van der Waals surface area contributed by atoms with Crippen LogP contribution in [0.15, 0.2) is 35.8 Å². The van der Waals surface area contributed by atoms with E-state index in [9.17, 15) is 18.0 Å². The number of hydrogen-bond donors (Lipinski definition) is 1. The van der Waals surface area contributed by atoms with Crippen LogP contribution in [0.25, 0.3) is 0 Å². The first-order valence-corrected chi connectivity index (χ1v) is 8.09. The maximum atomic E-state index is 13.6. The largest absolute Gasteiger partial charge is 0.463 e. The number of carbonyl (C=O) groups is 1. The minimum absolute atomic E-state index is 0.0779. The maximum Gasteiger partial charge on any atom is 0.431 e. The fourth-order valence-corrected chi connectivity index (χ4v) is 3.14. The van der Waals surface area contributed by atoms with E-state index in [1.54, 1.807) is 0 Å². The van der Waals surface area contributed by atoms with E-state index in [0.29, 0.717) is 5.02 Å². The summed E-state index contributed by atoms with van der Waals surface area (Å²) in [6.07, 6.45) is -3.78. The summed E-state index contributed by atoms with van der Waals surface area (Å²) >= 11 is 12.1. The standard InChI is InChI=1S/C15H11Cl2F3N4O2/c1-2-26-13(25)10-11(8-4-3-7(16)5-9(8)17)24-14(21-6-22-24)23-12(10)15(18,19)20/h3-6,11H,2H2,1H3,(H,21,22,23). The molecule has 138 valence electrons. The van der Waals surface area contributed by atoms with Gasteiger partial charge in [-0.05, 0) is 19.1 Å². The number of carbonyl (C=O) groups excluding carboxylic acids is 1. The van der Waals surface area contributed by atoms with Gasteiger partial charge in [-0.3, -0.25) is 0 Å². The number of benzene rings is 1. The monoisotopic (exact) mass is 406 g/mol. The molecule has 1 aromatic carbocycles. The van der Waals surface area contributed by atoms with E-state index in [1.807, 2.05) is 0 Å². The van der Waals surface area contributed by atoms with Gasteiger partial charge in [-0.2, -0.15) is 23.3 Å². The number of anilines is 1. The highest BCUT2D eigenvalue weighted by Gasteiger charge is 2.46. The lowest BCUT2D eigenvalue weighted by molar-refractivity contribution is -0.140. The second kappa shape index (κ2) is 6.81. The quantitative estimate of drug-likeness (QED) is 0.780. The molecule has 26 heavy (non-hydrogen) atoms. The van der Waals surface area contributed by atoms with Gasteiger partial charge in [0.2, 0.25) is 5.95 Å². The normalized spacial score (nSPS) is 16.9. The average Bonchev–Trinajstić information content (AvgIpc) is 3.01. The second-order valence-electron chi connectivity index (χ2n) is 5.23. The van der Waals surface area contributed by atoms with Crippen LogP contribution in [-0.2, 0) is 9.53 Å². The third-order valence-corrected chi connectivity index (χ3v) is 4.20. The lowest BCUT2D eigenvalue weighted by Crippen LogP contribution is -2.35. The van der Waals surface area contributed by atoms with Crippen LogP contribution >= 0.6 is 23.2 Å². The Hall–Kier alpha value is -2.26. The molecule has 0 spiro atoms. The fourth-order valence-electron chi connectivity index (χ4n) is 2.62. The molecule has 1 N–H and O–H groups in total. The van der Waals surface area contributed by atoms with Crippen LogP contribution < -0.4 is 5.32 Å². The highest BCUT2D eigenvalue weighted by atomic mass is 35.5. The van der Waals surface area contributed by atoms with Gasteiger partial charge in [0.1, 0.15) is 18.1 Å². The summed E-state index contributed by atoms with van der Waals surface area (Å²) in [5.41, 5.74) is -1.73. The van der Waals surface area contributed by atoms with Crippen molar-refractivity contribution in [3.8, 4) is 0 Å². The maximum absolute atomic E-state index is 13.6. The van der Waals surface area contributed by atoms with Crippen molar-refractivity contribution >= 4 is 35.1 Å². The number of alkyl halides is 3. The fraction of sp³-hybridized carbons (Fsp3) is 0.267. The number of aromatic nitrogens is 3. The van der Waals surface area contributed by atoms with E-state index >= 15 is 0 Å². The van der Waals surface area contributed by atoms with Crippen LogP contribution in [0.3, 0.4) is 0 Å². The van der Waals surface area contributed by atoms with Crippen LogP contribution in [0.4, 0.5) is 19.1 Å². The Balaban J connectivity index is 2.29. The summed E-state index contributed by atoms with van der Waals surface area (Å²) < 4.78 is 46.8. The van der Waals surface area contributed by atoms with Gasteiger partial charge in [-0.15, -0.1) is 0 Å². The second-order valence-corrected chi connectivity index (χ2v) is 6.07. The summed E-state index contributed by atoms with van der Waals surface area (Å²) in [4.78, 5) is 16.2. The molecule has 0 fully saturated rings. The predicted octanol–water partition coefficient (Wildman–Crippen LogP) is 3.98. The van der Waals surface area contributed by atoms with Crippen molar-refractivity contribution in [2.45, 2.75) is 19.1 Å². The van der Waals surface area contributed by atoms with Gasteiger partial charge in [0.05, 0.1) is 12.2 Å². The zero-order chi connectivity index (χ0) is 19.1. The highest BCUT2D eigenvalue weighted by molar-refractivity contribution is 6.35. The van der Waals surface area contributed by atoms with E-state index in [-0.39, 0.29) is 23.1 Å². The van der Waals surface area contributed by atoms with Gasteiger partial charge in [-0.1, -0.05) is 29.3 Å². The average molecular weight is 407 g/mol. The van der Waals surface area contributed by atoms with Gasteiger partial charge in [0.25, 0.3) is 0 Å². The molecular weight excluding hydrogens is 396 g/mol. The van der Waals surface area contributed by atoms with Crippen LogP contribution in [-0.4, -0.2) is 33.5 Å². The molecule has 1 aliphatic heterocycles. The van der Waals surface area contributed by atoms with Crippen molar-refractivity contribution in [1.29, 1.82) is 0 Å². The minimum Gasteiger partial charge on any atom is -0.463 e. The summed E-state index contributed by atoms with van der Waals surface area (Å²) in [6, 6.07) is 2.97. The number of ether oxygens (including phenoxy) is 1. The van der Waals surface area contributed by atoms with Crippen molar-refractivity contribution in [3.63, 3.8) is 0 Å². The highest BCUT2D eigenvalue weighted by Crippen LogP contribution is 2.43. The van der Waals surface area contributed by atoms with Crippen molar-refractivity contribution < 1.29 is 22.7 Å². The molecule has 0 amide bonds. The van der Waals surface area contributed by atoms with E-state index in [4.69, 9.17) is 27.9 Å². The Labute approximate surface area is 155 Å². The molecule has 0 bridgehead atoms. The third kappa shape index (κ3) is 3.24. The van der Waals surface area contributed by atoms with Gasteiger partial charge < -0.3 is 10.1 Å². The Kier molecular flexibility index (Phi) is 4.85. The van der Waals surface area contributed by atoms with Crippen LogP contribution in [0.5, 0.6) is 0 Å². The summed E-state index contributed by atoms with van der Waals surface area (Å²) in [6.45, 7) is 1.39. The Morgan fingerprint density at radius 3 is 2.73 bits per heavy atom. The van der Waals surface area contributed by atoms with Gasteiger partial charge in [-0.25, -0.2) is 9.48 Å². The number of nitrogens with one attached hydrogen (secondary N) is 1. The van der Waals surface area contributed by atoms with Gasteiger partial charge >= 0.3 is 12.1 Å².